The molecule has 0 fully saturated rings. The summed E-state index contributed by atoms with van der Waals surface area (Å²) < 4.78 is 0. The molecule has 0 radical (unpaired) electrons. The number of hydrogen-bond donors (Lipinski definition) is 3. The van der Waals surface area contributed by atoms with E-state index in [0.717, 1.165) is 12.2 Å². The van der Waals surface area contributed by atoms with Gasteiger partial charge in [0.15, 0.2) is 0 Å². The molecule has 0 aromatic heterocycles. The monoisotopic (exact) mass is 259 g/mol. The second-order valence-corrected chi connectivity index (χ2v) is 4.60. The molecule has 0 heterocycles. The van der Waals surface area contributed by atoms with Crippen molar-refractivity contribution in [1.29, 1.82) is 0 Å². The lowest BCUT2D eigenvalue weighted by Gasteiger charge is -2.17. The van der Waals surface area contributed by atoms with Gasteiger partial charge in [-0.25, -0.2) is 4.79 Å². The number of carboxylic acid groups (broad SMARTS) is 1. The first-order valence-corrected chi connectivity index (χ1v) is 6.40. The number of aliphatic carboxylic acids is 1. The maximum atomic E-state index is 11.5. The van der Waals surface area contributed by atoms with E-state index in [4.69, 9.17) is 5.11 Å². The maximum absolute atomic E-state index is 11.5. The van der Waals surface area contributed by atoms with Crippen molar-refractivity contribution in [2.24, 2.45) is 5.92 Å². The van der Waals surface area contributed by atoms with E-state index in [1.54, 1.807) is 13.8 Å². The first kappa shape index (κ1) is 16.0. The third-order valence-corrected chi connectivity index (χ3v) is 2.51. The van der Waals surface area contributed by atoms with E-state index in [1.165, 1.54) is 0 Å². The van der Waals surface area contributed by atoms with E-state index in [9.17, 15) is 9.59 Å². The van der Waals surface area contributed by atoms with Crippen LogP contribution in [0.4, 0.5) is 0 Å². The molecular weight excluding hydrogens is 238 g/mol. The zero-order chi connectivity index (χ0) is 13.3. The first-order chi connectivity index (χ1) is 7.99. The third kappa shape index (κ3) is 7.85. The average Bonchev–Trinajstić information content (AvgIpc) is 2.24. The van der Waals surface area contributed by atoms with Gasteiger partial charge in [-0.3, -0.25) is 4.79 Å². The van der Waals surface area contributed by atoms with Crippen LogP contribution in [0.1, 0.15) is 33.1 Å². The van der Waals surface area contributed by atoms with E-state index in [0.29, 0.717) is 12.8 Å². The molecule has 0 aromatic carbocycles. The van der Waals surface area contributed by atoms with Crippen molar-refractivity contribution < 1.29 is 14.7 Å². The van der Waals surface area contributed by atoms with Crippen molar-refractivity contribution in [3.05, 3.63) is 12.2 Å². The van der Waals surface area contributed by atoms with Gasteiger partial charge in [-0.1, -0.05) is 26.0 Å². The van der Waals surface area contributed by atoms with Gasteiger partial charge in [-0.15, -0.1) is 0 Å². The molecule has 2 N–H and O–H groups in total. The highest BCUT2D eigenvalue weighted by atomic mass is 32.1. The maximum Gasteiger partial charge on any atom is 0.326 e. The molecule has 0 aliphatic carbocycles. The van der Waals surface area contributed by atoms with Crippen LogP contribution in [0.5, 0.6) is 0 Å². The smallest absolute Gasteiger partial charge is 0.326 e. The number of carbonyl (C=O) groups excluding carboxylic acids is 1. The Labute approximate surface area is 108 Å². The quantitative estimate of drug-likeness (QED) is 0.460. The van der Waals surface area contributed by atoms with E-state index < -0.39 is 12.0 Å². The summed E-state index contributed by atoms with van der Waals surface area (Å²) in [6, 6.07) is -0.802. The molecule has 0 spiro atoms. The summed E-state index contributed by atoms with van der Waals surface area (Å²) >= 11 is 4.06. The van der Waals surface area contributed by atoms with Crippen molar-refractivity contribution >= 4 is 24.5 Å². The number of rotatable bonds is 8. The van der Waals surface area contributed by atoms with Gasteiger partial charge in [0, 0.05) is 6.42 Å². The van der Waals surface area contributed by atoms with Gasteiger partial charge >= 0.3 is 5.97 Å². The van der Waals surface area contributed by atoms with Gasteiger partial charge in [0.2, 0.25) is 5.91 Å². The Kier molecular flexibility index (Phi) is 8.58. The summed E-state index contributed by atoms with van der Waals surface area (Å²) in [6.07, 6.45) is 5.72. The Morgan fingerprint density at radius 1 is 1.29 bits per heavy atom. The van der Waals surface area contributed by atoms with E-state index in [2.05, 4.69) is 17.9 Å². The fraction of sp³-hybridized carbons (Fsp3) is 0.667. The Morgan fingerprint density at radius 2 is 1.88 bits per heavy atom. The van der Waals surface area contributed by atoms with Gasteiger partial charge in [0.1, 0.15) is 6.04 Å². The van der Waals surface area contributed by atoms with Crippen LogP contribution in [0.25, 0.3) is 0 Å². The van der Waals surface area contributed by atoms with Crippen molar-refractivity contribution in [2.75, 3.05) is 5.75 Å². The lowest BCUT2D eigenvalue weighted by atomic mass is 10.0. The minimum absolute atomic E-state index is 0.115. The highest BCUT2D eigenvalue weighted by molar-refractivity contribution is 7.80. The molecule has 0 aromatic rings. The molecule has 0 unspecified atom stereocenters. The van der Waals surface area contributed by atoms with Crippen molar-refractivity contribution in [1.82, 2.24) is 5.32 Å². The summed E-state index contributed by atoms with van der Waals surface area (Å²) in [5.41, 5.74) is 0. The number of carboxylic acids is 1. The lowest BCUT2D eigenvalue weighted by molar-refractivity contribution is -0.143. The number of hydrogen-bond acceptors (Lipinski definition) is 3. The van der Waals surface area contributed by atoms with E-state index >= 15 is 0 Å². The molecule has 0 saturated heterocycles. The van der Waals surface area contributed by atoms with Crippen LogP contribution < -0.4 is 5.32 Å². The largest absolute Gasteiger partial charge is 0.480 e. The normalized spacial score (nSPS) is 12.9. The third-order valence-electron chi connectivity index (χ3n) is 2.25. The summed E-state index contributed by atoms with van der Waals surface area (Å²) in [4.78, 5) is 22.3. The molecule has 0 saturated carbocycles. The molecule has 0 aliphatic heterocycles. The minimum atomic E-state index is -0.987. The summed E-state index contributed by atoms with van der Waals surface area (Å²) in [7, 11) is 0. The van der Waals surface area contributed by atoms with Crippen LogP contribution >= 0.6 is 12.6 Å². The lowest BCUT2D eigenvalue weighted by Crippen LogP contribution is -2.44. The van der Waals surface area contributed by atoms with Gasteiger partial charge in [-0.2, -0.15) is 12.6 Å². The van der Waals surface area contributed by atoms with Crippen LogP contribution in [0.2, 0.25) is 0 Å². The Bertz CT molecular complexity index is 277. The molecule has 17 heavy (non-hydrogen) atoms. The summed E-state index contributed by atoms with van der Waals surface area (Å²) in [6.45, 7) is 3.54. The average molecular weight is 259 g/mol. The fourth-order valence-corrected chi connectivity index (χ4v) is 1.43. The van der Waals surface area contributed by atoms with Crippen molar-refractivity contribution in [3.8, 4) is 0 Å². The molecule has 1 amide bonds. The zero-order valence-corrected chi connectivity index (χ0v) is 11.2. The van der Waals surface area contributed by atoms with Crippen molar-refractivity contribution in [3.63, 3.8) is 0 Å². The van der Waals surface area contributed by atoms with Crippen molar-refractivity contribution in [2.45, 2.75) is 39.2 Å². The molecule has 4 nitrogen and oxygen atoms in total. The number of allylic oxidation sites excluding steroid dienone is 2. The summed E-state index contributed by atoms with van der Waals surface area (Å²) in [5.74, 6) is -0.534. The highest BCUT2D eigenvalue weighted by Crippen LogP contribution is 2.03. The van der Waals surface area contributed by atoms with Crippen LogP contribution in [0, 0.1) is 5.92 Å². The van der Waals surface area contributed by atoms with Crippen LogP contribution in [0.3, 0.4) is 0 Å². The second-order valence-electron chi connectivity index (χ2n) is 4.15. The zero-order valence-electron chi connectivity index (χ0n) is 10.3. The number of amides is 1. The van der Waals surface area contributed by atoms with Gasteiger partial charge in [0.05, 0.1) is 0 Å². The second kappa shape index (κ2) is 9.10. The fourth-order valence-electron chi connectivity index (χ4n) is 1.28. The Hall–Kier alpha value is -0.970. The van der Waals surface area contributed by atoms with Crippen LogP contribution in [-0.2, 0) is 9.59 Å². The highest BCUT2D eigenvalue weighted by Gasteiger charge is 2.22. The van der Waals surface area contributed by atoms with Crippen LogP contribution in [0.15, 0.2) is 12.2 Å². The molecule has 1 atom stereocenters. The van der Waals surface area contributed by atoms with E-state index in [1.807, 2.05) is 12.2 Å². The van der Waals surface area contributed by atoms with Gasteiger partial charge in [-0.05, 0) is 24.5 Å². The number of carbonyl (C=O) groups is 2. The van der Waals surface area contributed by atoms with Gasteiger partial charge < -0.3 is 10.4 Å². The predicted molar refractivity (Wildman–Crippen MR) is 71.2 cm³/mol. The molecule has 0 rings (SSSR count). The topological polar surface area (TPSA) is 66.4 Å². The standard InChI is InChI=1S/C12H21NO3S/c1-9(2)11(12(15)16)13-10(14)7-5-3-4-6-8-17/h3-4,9,11,17H,5-8H2,1-2H3,(H,13,14)(H,15,16)/b4-3+/t11-/m0/s1. The SMILES string of the molecule is CC(C)[C@H](NC(=O)CC/C=C/CCS)C(=O)O. The Balaban J connectivity index is 3.95. The first-order valence-electron chi connectivity index (χ1n) is 5.77. The predicted octanol–water partition coefficient (Wildman–Crippen LogP) is 1.87. The molecule has 5 heteroatoms. The molecular formula is C12H21NO3S. The summed E-state index contributed by atoms with van der Waals surface area (Å²) in [5, 5.41) is 11.4. The number of nitrogens with one attached hydrogen (secondary N) is 1. The number of thiol groups is 1. The Morgan fingerprint density at radius 3 is 2.35 bits per heavy atom. The van der Waals surface area contributed by atoms with Crippen LogP contribution in [-0.4, -0.2) is 28.8 Å². The van der Waals surface area contributed by atoms with Gasteiger partial charge in [0.25, 0.3) is 0 Å². The minimum Gasteiger partial charge on any atom is -0.480 e. The molecule has 0 bridgehead atoms. The van der Waals surface area contributed by atoms with E-state index in [-0.39, 0.29) is 11.8 Å². The molecule has 98 valence electrons. The molecule has 0 aliphatic rings.